The zero-order chi connectivity index (χ0) is 17.1. The number of nitrogens with one attached hydrogen (secondary N) is 2. The highest BCUT2D eigenvalue weighted by Crippen LogP contribution is 2.28. The predicted octanol–water partition coefficient (Wildman–Crippen LogP) is 3.48. The molecule has 3 aromatic rings. The van der Waals surface area contributed by atoms with Crippen molar-refractivity contribution in [3.63, 3.8) is 0 Å². The van der Waals surface area contributed by atoms with Gasteiger partial charge >= 0.3 is 6.03 Å². The molecule has 0 spiro atoms. The lowest BCUT2D eigenvalue weighted by Crippen LogP contribution is -2.29. The van der Waals surface area contributed by atoms with Gasteiger partial charge in [0.1, 0.15) is 0 Å². The van der Waals surface area contributed by atoms with Gasteiger partial charge in [-0.25, -0.2) is 9.78 Å². The fourth-order valence-electron chi connectivity index (χ4n) is 2.47. The smallest absolute Gasteiger partial charge is 0.319 e. The largest absolute Gasteiger partial charge is 0.332 e. The van der Waals surface area contributed by atoms with Gasteiger partial charge in [0, 0.05) is 18.0 Å². The van der Waals surface area contributed by atoms with Crippen molar-refractivity contribution in [1.82, 2.24) is 20.1 Å². The molecule has 0 aliphatic heterocycles. The van der Waals surface area contributed by atoms with Gasteiger partial charge in [0.15, 0.2) is 0 Å². The molecule has 0 saturated heterocycles. The van der Waals surface area contributed by atoms with E-state index >= 15 is 0 Å². The molecule has 1 aromatic carbocycles. The lowest BCUT2D eigenvalue weighted by molar-refractivity contribution is 0.251. The van der Waals surface area contributed by atoms with Crippen LogP contribution in [0.1, 0.15) is 16.4 Å². The third-order valence-electron chi connectivity index (χ3n) is 3.60. The topological polar surface area (TPSA) is 71.8 Å². The van der Waals surface area contributed by atoms with E-state index < -0.39 is 0 Å². The first-order chi connectivity index (χ1) is 11.5. The summed E-state index contributed by atoms with van der Waals surface area (Å²) in [5, 5.41) is 13.0. The molecule has 3 rings (SSSR count). The van der Waals surface area contributed by atoms with E-state index in [2.05, 4.69) is 20.7 Å². The van der Waals surface area contributed by atoms with Crippen LogP contribution in [-0.2, 0) is 13.6 Å². The Morgan fingerprint density at radius 1 is 1.29 bits per heavy atom. The second-order valence-electron chi connectivity index (χ2n) is 5.51. The number of thiazole rings is 1. The quantitative estimate of drug-likeness (QED) is 0.763. The number of para-hydroxylation sites is 1. The molecule has 0 radical (unpaired) electrons. The maximum absolute atomic E-state index is 12.2. The molecule has 0 fully saturated rings. The minimum atomic E-state index is -0.256. The maximum Gasteiger partial charge on any atom is 0.319 e. The highest BCUT2D eigenvalue weighted by atomic mass is 32.1. The molecule has 2 amide bonds. The molecule has 7 heteroatoms. The Hall–Kier alpha value is -2.67. The molecule has 0 aliphatic rings. The first-order valence-corrected chi connectivity index (χ1v) is 8.47. The fourth-order valence-corrected chi connectivity index (χ4v) is 3.08. The number of amides is 2. The van der Waals surface area contributed by atoms with Crippen molar-refractivity contribution < 1.29 is 4.79 Å². The standard InChI is InChI=1S/C17H19N5OS/c1-11-8-13(22(3)21-11)9-18-17(23)20-15-7-5-4-6-14(15)16-10-24-12(2)19-16/h4-8,10H,9H2,1-3H3,(H2,18,20,23). The van der Waals surface area contributed by atoms with Crippen molar-refractivity contribution in [2.75, 3.05) is 5.32 Å². The Balaban J connectivity index is 1.70. The van der Waals surface area contributed by atoms with Gasteiger partial charge in [-0.05, 0) is 26.0 Å². The van der Waals surface area contributed by atoms with Crippen LogP contribution in [-0.4, -0.2) is 20.8 Å². The summed E-state index contributed by atoms with van der Waals surface area (Å²) in [4.78, 5) is 16.7. The van der Waals surface area contributed by atoms with Gasteiger partial charge in [0.25, 0.3) is 0 Å². The Kier molecular flexibility index (Phi) is 4.61. The van der Waals surface area contributed by atoms with Crippen LogP contribution in [0.15, 0.2) is 35.7 Å². The summed E-state index contributed by atoms with van der Waals surface area (Å²) in [6, 6.07) is 9.35. The van der Waals surface area contributed by atoms with Crippen LogP contribution in [0.5, 0.6) is 0 Å². The van der Waals surface area contributed by atoms with E-state index in [0.717, 1.165) is 33.3 Å². The molecule has 2 aromatic heterocycles. The molecule has 2 heterocycles. The average molecular weight is 341 g/mol. The summed E-state index contributed by atoms with van der Waals surface area (Å²) in [6.07, 6.45) is 0. The number of aryl methyl sites for hydroxylation is 3. The van der Waals surface area contributed by atoms with Crippen molar-refractivity contribution in [3.05, 3.63) is 52.1 Å². The summed E-state index contributed by atoms with van der Waals surface area (Å²) in [7, 11) is 1.86. The third-order valence-corrected chi connectivity index (χ3v) is 4.37. The molecule has 0 unspecified atom stereocenters. The molecular weight excluding hydrogens is 322 g/mol. The summed E-state index contributed by atoms with van der Waals surface area (Å²) >= 11 is 1.59. The van der Waals surface area contributed by atoms with Crippen LogP contribution in [0.4, 0.5) is 10.5 Å². The Labute approximate surface area is 144 Å². The lowest BCUT2D eigenvalue weighted by Gasteiger charge is -2.11. The van der Waals surface area contributed by atoms with Crippen LogP contribution in [0.2, 0.25) is 0 Å². The normalized spacial score (nSPS) is 10.6. The van der Waals surface area contributed by atoms with Crippen molar-refractivity contribution in [1.29, 1.82) is 0 Å². The van der Waals surface area contributed by atoms with E-state index in [1.54, 1.807) is 16.0 Å². The minimum Gasteiger partial charge on any atom is -0.332 e. The van der Waals surface area contributed by atoms with Gasteiger partial charge in [0.05, 0.1) is 34.3 Å². The van der Waals surface area contributed by atoms with E-state index in [1.165, 1.54) is 0 Å². The molecule has 6 nitrogen and oxygen atoms in total. The van der Waals surface area contributed by atoms with Gasteiger partial charge in [-0.15, -0.1) is 11.3 Å². The van der Waals surface area contributed by atoms with Gasteiger partial charge in [0.2, 0.25) is 0 Å². The van der Waals surface area contributed by atoms with E-state index in [-0.39, 0.29) is 6.03 Å². The van der Waals surface area contributed by atoms with Crippen molar-refractivity contribution in [3.8, 4) is 11.3 Å². The first-order valence-electron chi connectivity index (χ1n) is 7.59. The molecule has 0 saturated carbocycles. The number of hydrogen-bond donors (Lipinski definition) is 2. The second kappa shape index (κ2) is 6.84. The summed E-state index contributed by atoms with van der Waals surface area (Å²) < 4.78 is 1.77. The predicted molar refractivity (Wildman–Crippen MR) is 96.1 cm³/mol. The fraction of sp³-hybridized carbons (Fsp3) is 0.235. The van der Waals surface area contributed by atoms with E-state index in [9.17, 15) is 4.79 Å². The number of urea groups is 1. The van der Waals surface area contributed by atoms with Crippen LogP contribution < -0.4 is 10.6 Å². The summed E-state index contributed by atoms with van der Waals surface area (Å²) in [5.41, 5.74) is 4.40. The van der Waals surface area contributed by atoms with Gasteiger partial charge < -0.3 is 10.6 Å². The Morgan fingerprint density at radius 3 is 2.75 bits per heavy atom. The molecule has 24 heavy (non-hydrogen) atoms. The number of carbonyl (C=O) groups is 1. The van der Waals surface area contributed by atoms with Crippen molar-refractivity contribution in [2.24, 2.45) is 7.05 Å². The minimum absolute atomic E-state index is 0.256. The molecular formula is C17H19N5OS. The number of hydrogen-bond acceptors (Lipinski definition) is 4. The maximum atomic E-state index is 12.2. The Bertz CT molecular complexity index is 868. The van der Waals surface area contributed by atoms with Crippen LogP contribution >= 0.6 is 11.3 Å². The van der Waals surface area contributed by atoms with Crippen LogP contribution in [0.25, 0.3) is 11.3 Å². The number of aromatic nitrogens is 3. The van der Waals surface area contributed by atoms with Crippen molar-refractivity contribution >= 4 is 23.1 Å². The lowest BCUT2D eigenvalue weighted by atomic mass is 10.1. The Morgan fingerprint density at radius 2 is 2.08 bits per heavy atom. The SMILES string of the molecule is Cc1cc(CNC(=O)Nc2ccccc2-c2csc(C)n2)n(C)n1. The first kappa shape index (κ1) is 16.2. The molecule has 0 atom stereocenters. The molecule has 0 bridgehead atoms. The zero-order valence-electron chi connectivity index (χ0n) is 13.8. The molecule has 0 aliphatic carbocycles. The summed E-state index contributed by atoms with van der Waals surface area (Å²) in [6.45, 7) is 4.31. The third kappa shape index (κ3) is 3.62. The van der Waals surface area contributed by atoms with Gasteiger partial charge in [-0.3, -0.25) is 4.68 Å². The highest BCUT2D eigenvalue weighted by Gasteiger charge is 2.11. The second-order valence-corrected chi connectivity index (χ2v) is 6.57. The van der Waals surface area contributed by atoms with Crippen LogP contribution in [0, 0.1) is 13.8 Å². The highest BCUT2D eigenvalue weighted by molar-refractivity contribution is 7.09. The number of carbonyl (C=O) groups excluding carboxylic acids is 1. The number of anilines is 1. The number of nitrogens with zero attached hydrogens (tertiary/aromatic N) is 3. The number of benzene rings is 1. The molecule has 2 N–H and O–H groups in total. The van der Waals surface area contributed by atoms with Gasteiger partial charge in [-0.1, -0.05) is 18.2 Å². The van der Waals surface area contributed by atoms with Crippen LogP contribution in [0.3, 0.4) is 0 Å². The summed E-state index contributed by atoms with van der Waals surface area (Å²) in [5.74, 6) is 0. The van der Waals surface area contributed by atoms with Crippen molar-refractivity contribution in [2.45, 2.75) is 20.4 Å². The van der Waals surface area contributed by atoms with E-state index in [1.807, 2.05) is 56.6 Å². The monoisotopic (exact) mass is 341 g/mol. The van der Waals surface area contributed by atoms with E-state index in [4.69, 9.17) is 0 Å². The van der Waals surface area contributed by atoms with Gasteiger partial charge in [-0.2, -0.15) is 5.10 Å². The average Bonchev–Trinajstić information content (AvgIpc) is 3.11. The van der Waals surface area contributed by atoms with E-state index in [0.29, 0.717) is 6.54 Å². The molecule has 124 valence electrons. The zero-order valence-corrected chi connectivity index (χ0v) is 14.6. The number of rotatable bonds is 4.